The Morgan fingerprint density at radius 1 is 0.367 bits per heavy atom. The van der Waals surface area contributed by atoms with Gasteiger partial charge in [-0.1, -0.05) is 7.30 Å². The maximum atomic E-state index is 3.38. The van der Waals surface area contributed by atoms with Gasteiger partial charge in [-0.2, -0.15) is 0 Å². The zero-order valence-corrected chi connectivity index (χ0v) is 45.7. The molecule has 18 atom stereocenters. The van der Waals surface area contributed by atoms with Gasteiger partial charge in [0, 0.05) is 0 Å². The summed E-state index contributed by atoms with van der Waals surface area (Å²) in [5.74, 6) is 0. The van der Waals surface area contributed by atoms with Crippen molar-refractivity contribution in [3.63, 3.8) is 0 Å². The molecule has 29 heteroatoms. The SMILES string of the molecule is P[P-]P(P)P(P(P)P)C(P(P(P)P)P(P)P)(P(P(P)P)P(P)P)P(P(P)P)P(P)P. The van der Waals surface area contributed by atoms with Crippen LogP contribution in [0.3, 0.4) is 0 Å². The first-order valence-electron chi connectivity index (χ1n) is 6.83. The van der Waals surface area contributed by atoms with E-state index in [9.17, 15) is 0 Å². The maximum Gasteiger partial charge on any atom is 0.0828 e. The van der Waals surface area contributed by atoms with E-state index in [-0.39, 0.29) is 85.1 Å². The molecule has 0 saturated carbocycles. The van der Waals surface area contributed by atoms with Crippen LogP contribution in [0.5, 0.6) is 0 Å². The molecule has 0 spiro atoms. The second-order valence-electron chi connectivity index (χ2n) is 4.85. The van der Waals surface area contributed by atoms with Gasteiger partial charge in [-0.3, -0.25) is 8.93 Å². The maximum absolute atomic E-state index is 3.38. The summed E-state index contributed by atoms with van der Waals surface area (Å²) in [6, 6.07) is 0. The highest BCUT2D eigenvalue weighted by atomic mass is 33.1. The van der Waals surface area contributed by atoms with E-state index in [1.807, 2.05) is 0 Å². The molecule has 0 bridgehead atoms. The zero-order valence-electron chi connectivity index (χ0n) is 15.6. The minimum absolute atomic E-state index is 0.112. The molecule has 0 amide bonds. The van der Waals surface area contributed by atoms with E-state index in [0.717, 1.165) is 0 Å². The molecule has 0 rings (SSSR count). The molecule has 0 aliphatic rings. The van der Waals surface area contributed by atoms with Gasteiger partial charge in [0.15, 0.2) is 0 Å². The van der Waals surface area contributed by atoms with Crippen LogP contribution in [0, 0.1) is 0 Å². The summed E-state index contributed by atoms with van der Waals surface area (Å²) in [6.45, 7) is -1.22. The van der Waals surface area contributed by atoms with Gasteiger partial charge in [0.1, 0.15) is 0 Å². The molecular weight excluding hydrogens is 910 g/mol. The highest BCUT2D eigenvalue weighted by Crippen LogP contribution is 3.30. The van der Waals surface area contributed by atoms with E-state index < -0.39 is 0 Å². The van der Waals surface area contributed by atoms with Gasteiger partial charge < -0.3 is 7.96 Å². The van der Waals surface area contributed by atoms with Gasteiger partial charge in [0.05, 0.1) is 4.38 Å². The standard InChI is InChI=1S/CH32P29/c2-18-30(17)22(29(15)16)1(19(23(3)4)24(5)6,20(25(7)8)26(9)10)21(27(11)12)28(13)14/h2-17H2/q-1. The lowest BCUT2D eigenvalue weighted by atomic mass is 11.8. The van der Waals surface area contributed by atoms with Crippen LogP contribution < -0.4 is 0 Å². The largest absolute Gasteiger partial charge is 0.473 e. The second-order valence-corrected chi connectivity index (χ2v) is 106. The lowest BCUT2D eigenvalue weighted by Crippen LogP contribution is -2.11. The first-order chi connectivity index (χ1) is 13.6. The van der Waals surface area contributed by atoms with Crippen LogP contribution in [0.4, 0.5) is 0 Å². The zero-order chi connectivity index (χ0) is 24.1. The number of hydrogen-bond acceptors (Lipinski definition) is 0. The first kappa shape index (κ1) is 42.5. The molecule has 0 aromatic carbocycles. The highest BCUT2D eigenvalue weighted by Gasteiger charge is 2.62. The lowest BCUT2D eigenvalue weighted by Gasteiger charge is -2.64. The summed E-state index contributed by atoms with van der Waals surface area (Å²) < 4.78 is 0.501. The van der Waals surface area contributed by atoms with Crippen molar-refractivity contribution >= 4 is 236 Å². The predicted molar refractivity (Wildman–Crippen MR) is 248 cm³/mol. The summed E-state index contributed by atoms with van der Waals surface area (Å²) in [4.78, 5) is 0. The Morgan fingerprint density at radius 2 is 0.567 bits per heavy atom. The summed E-state index contributed by atoms with van der Waals surface area (Å²) in [5, 5.41) is 0. The average molecular weight is 943 g/mol. The molecule has 0 heterocycles. The second kappa shape index (κ2) is 22.1. The first-order valence-corrected chi connectivity index (χ1v) is 56.1. The van der Waals surface area contributed by atoms with E-state index in [1.54, 1.807) is 0 Å². The van der Waals surface area contributed by atoms with Crippen LogP contribution in [-0.2, 0) is 0 Å². The van der Waals surface area contributed by atoms with Crippen molar-refractivity contribution in [2.75, 3.05) is 0 Å². The van der Waals surface area contributed by atoms with E-state index in [1.165, 1.54) is 7.96 Å². The Labute approximate surface area is 237 Å². The third kappa shape index (κ3) is 12.7. The Bertz CT molecular complexity index is 383. The monoisotopic (exact) mass is 942 g/mol. The normalized spacial score (nSPS) is 16.6. The molecule has 0 fully saturated rings. The number of hydrogen-bond donors (Lipinski definition) is 0. The fourth-order valence-electron chi connectivity index (χ4n) is 2.21. The minimum Gasteiger partial charge on any atom is -0.473 e. The predicted octanol–water partition coefficient (Wildman–Crippen LogP) is 16.2. The minimum atomic E-state index is -0.158. The molecule has 0 N–H and O–H groups in total. The average Bonchev–Trinajstić information content (AvgIpc) is 2.51. The van der Waals surface area contributed by atoms with Gasteiger partial charge in [-0.25, -0.2) is 6.99 Å². The van der Waals surface area contributed by atoms with Crippen LogP contribution in [0.25, 0.3) is 0 Å². The Kier molecular flexibility index (Phi) is 31.2. The van der Waals surface area contributed by atoms with Crippen molar-refractivity contribution in [3.8, 4) is 0 Å². The summed E-state index contributed by atoms with van der Waals surface area (Å²) >= 11 is 0. The van der Waals surface area contributed by atoms with Gasteiger partial charge in [-0.15, -0.1) is 134 Å². The molecule has 0 nitrogen and oxygen atoms in total. The van der Waals surface area contributed by atoms with Crippen molar-refractivity contribution in [3.05, 3.63) is 0 Å². The Hall–Kier alpha value is 12.5. The Morgan fingerprint density at radius 3 is 0.700 bits per heavy atom. The van der Waals surface area contributed by atoms with Crippen molar-refractivity contribution in [1.29, 1.82) is 0 Å². The van der Waals surface area contributed by atoms with Crippen LogP contribution in [0.2, 0.25) is 0 Å². The molecular formula is CH32P29-. The summed E-state index contributed by atoms with van der Waals surface area (Å²) in [7, 11) is 53.8. The number of rotatable bonds is 13. The summed E-state index contributed by atoms with van der Waals surface area (Å²) in [6.07, 6.45) is 0. The lowest BCUT2D eigenvalue weighted by molar-refractivity contribution is 1.87. The van der Waals surface area contributed by atoms with E-state index in [2.05, 4.69) is 143 Å². The van der Waals surface area contributed by atoms with Crippen molar-refractivity contribution < 1.29 is 0 Å². The van der Waals surface area contributed by atoms with E-state index in [0.29, 0.717) is 4.38 Å². The molecule has 30 heavy (non-hydrogen) atoms. The quantitative estimate of drug-likeness (QED) is 0.161. The molecule has 0 aromatic heterocycles. The molecule has 0 aliphatic heterocycles. The van der Waals surface area contributed by atoms with E-state index in [4.69, 9.17) is 0 Å². The molecule has 18 unspecified atom stereocenters. The van der Waals surface area contributed by atoms with Gasteiger partial charge in [-0.05, 0) is 70.8 Å². The van der Waals surface area contributed by atoms with Crippen LogP contribution in [-0.4, -0.2) is 4.38 Å². The van der Waals surface area contributed by atoms with Crippen LogP contribution in [0.1, 0.15) is 0 Å². The molecule has 0 aromatic rings. The molecule has 182 valence electrons. The summed E-state index contributed by atoms with van der Waals surface area (Å²) in [5.41, 5.74) is 0. The van der Waals surface area contributed by atoms with Crippen molar-refractivity contribution in [1.82, 2.24) is 0 Å². The fourth-order valence-corrected chi connectivity index (χ4v) is 258. The topological polar surface area (TPSA) is 0 Å². The van der Waals surface area contributed by atoms with Crippen molar-refractivity contribution in [2.45, 2.75) is 4.38 Å². The smallest absolute Gasteiger partial charge is 0.0828 e. The fraction of sp³-hybridized carbons (Fsp3) is 1.00. The molecule has 0 aliphatic carbocycles. The van der Waals surface area contributed by atoms with Gasteiger partial charge in [0.25, 0.3) is 0 Å². The van der Waals surface area contributed by atoms with E-state index >= 15 is 0 Å². The third-order valence-electron chi connectivity index (χ3n) is 2.92. The van der Waals surface area contributed by atoms with Crippen LogP contribution in [0.15, 0.2) is 0 Å². The molecule has 0 radical (unpaired) electrons. The highest BCUT2D eigenvalue weighted by molar-refractivity contribution is 9.14. The molecule has 0 saturated heterocycles. The van der Waals surface area contributed by atoms with Gasteiger partial charge in [0.2, 0.25) is 0 Å². The van der Waals surface area contributed by atoms with Crippen molar-refractivity contribution in [2.24, 2.45) is 0 Å². The van der Waals surface area contributed by atoms with Crippen LogP contribution >= 0.6 is 236 Å². The van der Waals surface area contributed by atoms with Gasteiger partial charge >= 0.3 is 0 Å². The third-order valence-corrected chi connectivity index (χ3v) is 129. The Balaban J connectivity index is 7.74.